The van der Waals surface area contributed by atoms with Gasteiger partial charge in [-0.2, -0.15) is 10.4 Å². The van der Waals surface area contributed by atoms with Crippen molar-refractivity contribution in [2.24, 2.45) is 5.10 Å². The van der Waals surface area contributed by atoms with E-state index in [1.807, 2.05) is 49.5 Å². The van der Waals surface area contributed by atoms with Crippen molar-refractivity contribution in [3.05, 3.63) is 59.7 Å². The Bertz CT molecular complexity index is 668. The van der Waals surface area contributed by atoms with E-state index in [9.17, 15) is 0 Å². The first-order valence-electron chi connectivity index (χ1n) is 7.23. The van der Waals surface area contributed by atoms with Gasteiger partial charge in [0, 0.05) is 19.3 Å². The number of benzene rings is 2. The smallest absolute Gasteiger partial charge is 0.0640 e. The average molecular weight is 292 g/mol. The lowest BCUT2D eigenvalue weighted by Gasteiger charge is -2.17. The maximum Gasteiger partial charge on any atom is 0.0640 e. The van der Waals surface area contributed by atoms with Gasteiger partial charge in [-0.1, -0.05) is 24.3 Å². The molecule has 0 amide bonds. The van der Waals surface area contributed by atoms with Crippen molar-refractivity contribution in [3.63, 3.8) is 0 Å². The summed E-state index contributed by atoms with van der Waals surface area (Å²) in [6.45, 7) is 2.79. The summed E-state index contributed by atoms with van der Waals surface area (Å²) in [6, 6.07) is 18.3. The molecule has 1 N–H and O–H groups in total. The van der Waals surface area contributed by atoms with Crippen LogP contribution in [-0.4, -0.2) is 19.8 Å². The first-order chi connectivity index (χ1) is 10.7. The molecule has 0 aromatic heterocycles. The van der Waals surface area contributed by atoms with Crippen molar-refractivity contribution in [3.8, 4) is 6.07 Å². The van der Waals surface area contributed by atoms with E-state index in [0.717, 1.165) is 23.5 Å². The molecule has 0 saturated heterocycles. The highest BCUT2D eigenvalue weighted by Gasteiger charge is 1.99. The number of hydrogen-bond donors (Lipinski definition) is 1. The molecule has 2 aromatic carbocycles. The summed E-state index contributed by atoms with van der Waals surface area (Å²) in [5.41, 5.74) is 7.32. The van der Waals surface area contributed by atoms with Crippen molar-refractivity contribution < 1.29 is 0 Å². The van der Waals surface area contributed by atoms with Crippen molar-refractivity contribution in [2.45, 2.75) is 13.3 Å². The van der Waals surface area contributed by atoms with Crippen LogP contribution < -0.4 is 10.3 Å². The molecule has 0 heterocycles. The fourth-order valence-electron chi connectivity index (χ4n) is 2.06. The van der Waals surface area contributed by atoms with Crippen LogP contribution in [0.25, 0.3) is 0 Å². The van der Waals surface area contributed by atoms with Gasteiger partial charge in [0.25, 0.3) is 0 Å². The van der Waals surface area contributed by atoms with Gasteiger partial charge >= 0.3 is 0 Å². The highest BCUT2D eigenvalue weighted by molar-refractivity contribution is 5.81. The van der Waals surface area contributed by atoms with Gasteiger partial charge in [0.05, 0.1) is 24.4 Å². The van der Waals surface area contributed by atoms with Gasteiger partial charge in [0.15, 0.2) is 0 Å². The summed E-state index contributed by atoms with van der Waals surface area (Å²) in [5.74, 6) is 0. The Morgan fingerprint density at radius 2 is 2.00 bits per heavy atom. The summed E-state index contributed by atoms with van der Waals surface area (Å²) in [7, 11) is 1.99. The minimum absolute atomic E-state index is 0.528. The fraction of sp³-hybridized carbons (Fsp3) is 0.222. The standard InChI is InChI=1S/C18H20N4/c1-15-5-3-6-17(13-15)21-20-14-16-7-9-18(10-8-16)22(2)12-4-11-19/h3,5-10,13-14,21H,4,12H2,1-2H3/b20-14-. The molecule has 22 heavy (non-hydrogen) atoms. The summed E-state index contributed by atoms with van der Waals surface area (Å²) in [6.07, 6.45) is 2.32. The van der Waals surface area contributed by atoms with E-state index in [-0.39, 0.29) is 0 Å². The van der Waals surface area contributed by atoms with Gasteiger partial charge in [-0.3, -0.25) is 5.43 Å². The lowest BCUT2D eigenvalue weighted by atomic mass is 10.2. The van der Waals surface area contributed by atoms with E-state index in [4.69, 9.17) is 5.26 Å². The number of nitriles is 1. The predicted octanol–water partition coefficient (Wildman–Crippen LogP) is 3.79. The molecule has 0 aliphatic rings. The second-order valence-corrected chi connectivity index (χ2v) is 5.16. The molecule has 2 aromatic rings. The highest BCUT2D eigenvalue weighted by atomic mass is 15.3. The number of hydrazone groups is 1. The van der Waals surface area contributed by atoms with E-state index in [2.05, 4.69) is 34.5 Å². The van der Waals surface area contributed by atoms with Gasteiger partial charge in [0.1, 0.15) is 0 Å². The van der Waals surface area contributed by atoms with Crippen molar-refractivity contribution >= 4 is 17.6 Å². The lowest BCUT2D eigenvalue weighted by molar-refractivity contribution is 0.905. The Morgan fingerprint density at radius 1 is 1.23 bits per heavy atom. The van der Waals surface area contributed by atoms with Crippen LogP contribution in [0.1, 0.15) is 17.5 Å². The van der Waals surface area contributed by atoms with Crippen LogP contribution in [0, 0.1) is 18.3 Å². The fourth-order valence-corrected chi connectivity index (χ4v) is 2.06. The van der Waals surface area contributed by atoms with Gasteiger partial charge in [-0.05, 0) is 42.3 Å². The molecule has 0 atom stereocenters. The maximum atomic E-state index is 8.61. The second-order valence-electron chi connectivity index (χ2n) is 5.16. The molecule has 4 heteroatoms. The number of rotatable bonds is 6. The third-order valence-electron chi connectivity index (χ3n) is 3.32. The van der Waals surface area contributed by atoms with Crippen molar-refractivity contribution in [1.82, 2.24) is 0 Å². The van der Waals surface area contributed by atoms with Gasteiger partial charge in [0.2, 0.25) is 0 Å². The predicted molar refractivity (Wildman–Crippen MR) is 92.3 cm³/mol. The molecule has 0 radical (unpaired) electrons. The summed E-state index contributed by atoms with van der Waals surface area (Å²) in [4.78, 5) is 2.06. The minimum Gasteiger partial charge on any atom is -0.374 e. The van der Waals surface area contributed by atoms with E-state index in [0.29, 0.717) is 6.42 Å². The molecule has 0 unspecified atom stereocenters. The first-order valence-corrected chi connectivity index (χ1v) is 7.23. The monoisotopic (exact) mass is 292 g/mol. The normalized spacial score (nSPS) is 10.4. The number of hydrogen-bond acceptors (Lipinski definition) is 4. The largest absolute Gasteiger partial charge is 0.374 e. The zero-order chi connectivity index (χ0) is 15.8. The Morgan fingerprint density at radius 3 is 2.68 bits per heavy atom. The average Bonchev–Trinajstić information content (AvgIpc) is 2.53. The van der Waals surface area contributed by atoms with E-state index in [1.165, 1.54) is 5.56 Å². The minimum atomic E-state index is 0.528. The molecule has 0 aliphatic heterocycles. The Labute approximate surface area is 131 Å². The van der Waals surface area contributed by atoms with Crippen molar-refractivity contribution in [1.29, 1.82) is 5.26 Å². The Kier molecular flexibility index (Phi) is 5.56. The lowest BCUT2D eigenvalue weighted by Crippen LogP contribution is -2.17. The molecule has 0 aliphatic carbocycles. The molecule has 112 valence electrons. The van der Waals surface area contributed by atoms with Crippen LogP contribution in [0.4, 0.5) is 11.4 Å². The zero-order valence-corrected chi connectivity index (χ0v) is 13.0. The number of nitrogens with one attached hydrogen (secondary N) is 1. The van der Waals surface area contributed by atoms with Crippen LogP contribution in [-0.2, 0) is 0 Å². The van der Waals surface area contributed by atoms with Gasteiger partial charge < -0.3 is 4.90 Å². The number of nitrogens with zero attached hydrogens (tertiary/aromatic N) is 3. The second kappa shape index (κ2) is 7.84. The zero-order valence-electron chi connectivity index (χ0n) is 13.0. The quantitative estimate of drug-likeness (QED) is 0.651. The van der Waals surface area contributed by atoms with E-state index >= 15 is 0 Å². The molecule has 2 rings (SSSR count). The number of anilines is 2. The topological polar surface area (TPSA) is 51.4 Å². The highest BCUT2D eigenvalue weighted by Crippen LogP contribution is 2.13. The molecule has 4 nitrogen and oxygen atoms in total. The summed E-state index contributed by atoms with van der Waals surface area (Å²) < 4.78 is 0. The van der Waals surface area contributed by atoms with Crippen LogP contribution in [0.3, 0.4) is 0 Å². The Balaban J connectivity index is 1.93. The van der Waals surface area contributed by atoms with Gasteiger partial charge in [-0.25, -0.2) is 0 Å². The Hall–Kier alpha value is -2.80. The molecular formula is C18H20N4. The van der Waals surface area contributed by atoms with Crippen LogP contribution in [0.15, 0.2) is 53.6 Å². The summed E-state index contributed by atoms with van der Waals surface area (Å²) >= 11 is 0. The first kappa shape index (κ1) is 15.6. The van der Waals surface area contributed by atoms with Crippen LogP contribution in [0.5, 0.6) is 0 Å². The number of aryl methyl sites for hydroxylation is 1. The molecule has 0 bridgehead atoms. The third-order valence-corrected chi connectivity index (χ3v) is 3.32. The molecule has 0 saturated carbocycles. The molecular weight excluding hydrogens is 272 g/mol. The van der Waals surface area contributed by atoms with E-state index < -0.39 is 0 Å². The maximum absolute atomic E-state index is 8.61. The molecule has 0 fully saturated rings. The van der Waals surface area contributed by atoms with E-state index in [1.54, 1.807) is 6.21 Å². The summed E-state index contributed by atoms with van der Waals surface area (Å²) in [5, 5.41) is 12.9. The van der Waals surface area contributed by atoms with Crippen LogP contribution >= 0.6 is 0 Å². The molecule has 0 spiro atoms. The van der Waals surface area contributed by atoms with Crippen LogP contribution in [0.2, 0.25) is 0 Å². The van der Waals surface area contributed by atoms with Crippen molar-refractivity contribution in [2.75, 3.05) is 23.9 Å². The van der Waals surface area contributed by atoms with Gasteiger partial charge in [-0.15, -0.1) is 0 Å². The third kappa shape index (κ3) is 4.64. The SMILES string of the molecule is Cc1cccc(N/N=C\c2ccc(N(C)CCC#N)cc2)c1.